The average molecular weight is 396 g/mol. The molecule has 0 spiro atoms. The molecule has 0 radical (unpaired) electrons. The molecule has 1 fully saturated rings. The number of imidazole rings is 1. The smallest absolute Gasteiger partial charge is 0.227 e. The Kier molecular flexibility index (Phi) is 4.85. The second-order valence-electron chi connectivity index (χ2n) is 7.22. The molecule has 0 unspecified atom stereocenters. The number of carbonyl (C=O) groups excluding carboxylic acids is 1. The maximum atomic E-state index is 12.9. The first-order chi connectivity index (χ1) is 13.5. The molecule has 28 heavy (non-hydrogen) atoms. The number of ether oxygens (including phenoxy) is 1. The number of allylic oxidation sites excluding steroid dienone is 1. The fourth-order valence-corrected chi connectivity index (χ4v) is 4.00. The number of methoxy groups -OCH3 is 1. The molecule has 6 heteroatoms. The summed E-state index contributed by atoms with van der Waals surface area (Å²) in [6, 6.07) is 13.4. The Morgan fingerprint density at radius 2 is 2.11 bits per heavy atom. The van der Waals surface area contributed by atoms with E-state index >= 15 is 0 Å². The molecule has 144 valence electrons. The van der Waals surface area contributed by atoms with Gasteiger partial charge in [-0.3, -0.25) is 4.79 Å². The number of anilines is 1. The summed E-state index contributed by atoms with van der Waals surface area (Å²) in [4.78, 5) is 19.5. The van der Waals surface area contributed by atoms with Crippen LogP contribution in [0.3, 0.4) is 0 Å². The minimum atomic E-state index is -0.0112. The lowest BCUT2D eigenvalue weighted by Gasteiger charge is -2.20. The summed E-state index contributed by atoms with van der Waals surface area (Å²) in [5, 5.41) is 0.571. The molecule has 1 aromatic heterocycles. The van der Waals surface area contributed by atoms with E-state index < -0.39 is 0 Å². The van der Waals surface area contributed by atoms with Crippen LogP contribution < -0.4 is 9.64 Å². The number of rotatable bonds is 5. The molecule has 1 aliphatic heterocycles. The van der Waals surface area contributed by atoms with Crippen molar-refractivity contribution in [1.29, 1.82) is 0 Å². The third-order valence-electron chi connectivity index (χ3n) is 5.03. The molecule has 5 nitrogen and oxygen atoms in total. The topological polar surface area (TPSA) is 47.4 Å². The van der Waals surface area contributed by atoms with Gasteiger partial charge in [0.05, 0.1) is 23.8 Å². The van der Waals surface area contributed by atoms with Crippen molar-refractivity contribution in [3.05, 3.63) is 65.5 Å². The van der Waals surface area contributed by atoms with E-state index in [4.69, 9.17) is 21.3 Å². The number of halogens is 1. The number of nitrogens with zero attached hydrogens (tertiary/aromatic N) is 3. The van der Waals surface area contributed by atoms with E-state index in [2.05, 4.69) is 17.2 Å². The molecular weight excluding hydrogens is 374 g/mol. The summed E-state index contributed by atoms with van der Waals surface area (Å²) in [5.41, 5.74) is 3.74. The second-order valence-corrected chi connectivity index (χ2v) is 7.66. The standard InChI is InChI=1S/C22H22ClN3O2/c1-14(2)12-26-18-7-5-4-6-17(18)24-22(26)15-10-21(27)25(13-15)19-11-16(23)8-9-20(19)28-3/h4-9,11,15H,1,10,12-13H2,2-3H3/t15-/m0/s1. The van der Waals surface area contributed by atoms with Crippen molar-refractivity contribution in [3.63, 3.8) is 0 Å². The van der Waals surface area contributed by atoms with Crippen LogP contribution in [-0.2, 0) is 11.3 Å². The van der Waals surface area contributed by atoms with Crippen LogP contribution in [0.15, 0.2) is 54.6 Å². The predicted molar refractivity (Wildman–Crippen MR) is 112 cm³/mol. The van der Waals surface area contributed by atoms with Crippen LogP contribution in [-0.4, -0.2) is 29.1 Å². The number of fused-ring (bicyclic) bond motifs is 1. The molecular formula is C22H22ClN3O2. The third-order valence-corrected chi connectivity index (χ3v) is 5.27. The molecule has 3 aromatic rings. The Balaban J connectivity index is 1.74. The highest BCUT2D eigenvalue weighted by molar-refractivity contribution is 6.31. The number of hydrogen-bond donors (Lipinski definition) is 0. The van der Waals surface area contributed by atoms with Gasteiger partial charge >= 0.3 is 0 Å². The fraction of sp³-hybridized carbons (Fsp3) is 0.273. The SMILES string of the molecule is C=C(C)Cn1c([C@H]2CC(=O)N(c3cc(Cl)ccc3OC)C2)nc2ccccc21. The quantitative estimate of drug-likeness (QED) is 0.583. The van der Waals surface area contributed by atoms with Crippen LogP contribution >= 0.6 is 11.6 Å². The highest BCUT2D eigenvalue weighted by Gasteiger charge is 2.36. The minimum absolute atomic E-state index is 0.0112. The van der Waals surface area contributed by atoms with Gasteiger partial charge in [-0.25, -0.2) is 4.98 Å². The minimum Gasteiger partial charge on any atom is -0.495 e. The average Bonchev–Trinajstić information content (AvgIpc) is 3.22. The lowest BCUT2D eigenvalue weighted by molar-refractivity contribution is -0.117. The summed E-state index contributed by atoms with van der Waals surface area (Å²) in [5.74, 6) is 1.58. The normalized spacial score (nSPS) is 16.8. The van der Waals surface area contributed by atoms with Gasteiger partial charge in [0.2, 0.25) is 5.91 Å². The summed E-state index contributed by atoms with van der Waals surface area (Å²) in [6.45, 7) is 7.28. The first-order valence-electron chi connectivity index (χ1n) is 9.21. The van der Waals surface area contributed by atoms with Crippen molar-refractivity contribution < 1.29 is 9.53 Å². The molecule has 2 aromatic carbocycles. The molecule has 1 aliphatic rings. The highest BCUT2D eigenvalue weighted by atomic mass is 35.5. The van der Waals surface area contributed by atoms with Gasteiger partial charge in [0.1, 0.15) is 11.6 Å². The van der Waals surface area contributed by atoms with Gasteiger partial charge < -0.3 is 14.2 Å². The van der Waals surface area contributed by atoms with E-state index in [1.165, 1.54) is 0 Å². The Hall–Kier alpha value is -2.79. The number of hydrogen-bond acceptors (Lipinski definition) is 3. The van der Waals surface area contributed by atoms with Gasteiger partial charge in [-0.2, -0.15) is 0 Å². The van der Waals surface area contributed by atoms with E-state index in [0.29, 0.717) is 36.0 Å². The van der Waals surface area contributed by atoms with Crippen LogP contribution in [0.25, 0.3) is 11.0 Å². The molecule has 0 N–H and O–H groups in total. The second kappa shape index (κ2) is 7.32. The summed E-state index contributed by atoms with van der Waals surface area (Å²) < 4.78 is 7.62. The Morgan fingerprint density at radius 1 is 1.32 bits per heavy atom. The van der Waals surface area contributed by atoms with Crippen LogP contribution in [0.4, 0.5) is 5.69 Å². The summed E-state index contributed by atoms with van der Waals surface area (Å²) >= 11 is 6.17. The van der Waals surface area contributed by atoms with Crippen molar-refractivity contribution in [2.24, 2.45) is 0 Å². The molecule has 0 bridgehead atoms. The zero-order chi connectivity index (χ0) is 19.8. The maximum Gasteiger partial charge on any atom is 0.227 e. The maximum absolute atomic E-state index is 12.9. The van der Waals surface area contributed by atoms with E-state index in [1.54, 1.807) is 30.2 Å². The van der Waals surface area contributed by atoms with Crippen molar-refractivity contribution in [1.82, 2.24) is 9.55 Å². The highest BCUT2D eigenvalue weighted by Crippen LogP contribution is 2.38. The Morgan fingerprint density at radius 3 is 2.86 bits per heavy atom. The van der Waals surface area contributed by atoms with Crippen molar-refractivity contribution >= 4 is 34.2 Å². The summed E-state index contributed by atoms with van der Waals surface area (Å²) in [7, 11) is 1.59. The van der Waals surface area contributed by atoms with Crippen molar-refractivity contribution in [3.8, 4) is 5.75 Å². The number of aromatic nitrogens is 2. The van der Waals surface area contributed by atoms with Crippen LogP contribution in [0.1, 0.15) is 25.1 Å². The van der Waals surface area contributed by atoms with E-state index in [0.717, 1.165) is 22.4 Å². The summed E-state index contributed by atoms with van der Waals surface area (Å²) in [6.07, 6.45) is 0.398. The Labute approximate surface area is 169 Å². The molecule has 0 aliphatic carbocycles. The van der Waals surface area contributed by atoms with Gasteiger partial charge in [0, 0.05) is 30.5 Å². The molecule has 1 atom stereocenters. The van der Waals surface area contributed by atoms with Gasteiger partial charge in [0.25, 0.3) is 0 Å². The van der Waals surface area contributed by atoms with Gasteiger partial charge in [-0.15, -0.1) is 0 Å². The van der Waals surface area contributed by atoms with Gasteiger partial charge in [-0.1, -0.05) is 35.9 Å². The van der Waals surface area contributed by atoms with E-state index in [-0.39, 0.29) is 11.8 Å². The van der Waals surface area contributed by atoms with Crippen LogP contribution in [0, 0.1) is 0 Å². The van der Waals surface area contributed by atoms with E-state index in [1.807, 2.05) is 25.1 Å². The number of benzene rings is 2. The molecule has 1 amide bonds. The number of amides is 1. The largest absolute Gasteiger partial charge is 0.495 e. The predicted octanol–water partition coefficient (Wildman–Crippen LogP) is 4.79. The monoisotopic (exact) mass is 395 g/mol. The molecule has 2 heterocycles. The fourth-order valence-electron chi connectivity index (χ4n) is 3.83. The molecule has 4 rings (SSSR count). The van der Waals surface area contributed by atoms with Gasteiger partial charge in [0.15, 0.2) is 0 Å². The zero-order valence-electron chi connectivity index (χ0n) is 16.0. The molecule has 0 saturated carbocycles. The van der Waals surface area contributed by atoms with Crippen LogP contribution in [0.5, 0.6) is 5.75 Å². The molecule has 1 saturated heterocycles. The Bertz CT molecular complexity index is 1070. The first-order valence-corrected chi connectivity index (χ1v) is 9.59. The number of carbonyl (C=O) groups is 1. The third kappa shape index (κ3) is 3.27. The lowest BCUT2D eigenvalue weighted by Crippen LogP contribution is -2.25. The van der Waals surface area contributed by atoms with Crippen molar-refractivity contribution in [2.45, 2.75) is 25.8 Å². The first kappa shape index (κ1) is 18.6. The number of para-hydroxylation sites is 2. The van der Waals surface area contributed by atoms with Crippen LogP contribution in [0.2, 0.25) is 5.02 Å². The zero-order valence-corrected chi connectivity index (χ0v) is 16.7. The lowest BCUT2D eigenvalue weighted by atomic mass is 10.1. The van der Waals surface area contributed by atoms with E-state index in [9.17, 15) is 4.79 Å². The van der Waals surface area contributed by atoms with Gasteiger partial charge in [-0.05, 0) is 37.3 Å². The van der Waals surface area contributed by atoms with Crippen molar-refractivity contribution in [2.75, 3.05) is 18.6 Å².